The molecule has 7 heteroatoms. The van der Waals surface area contributed by atoms with Crippen LogP contribution in [0, 0.1) is 0 Å². The van der Waals surface area contributed by atoms with Crippen molar-refractivity contribution in [2.24, 2.45) is 0 Å². The summed E-state index contributed by atoms with van der Waals surface area (Å²) < 4.78 is 2.25. The highest BCUT2D eigenvalue weighted by Gasteiger charge is 2.05. The zero-order valence-corrected chi connectivity index (χ0v) is 14.1. The molecule has 0 saturated heterocycles. The molecular weight excluding hydrogens is 318 g/mol. The first-order valence-electron chi connectivity index (χ1n) is 8.11. The van der Waals surface area contributed by atoms with Crippen molar-refractivity contribution in [2.75, 3.05) is 25.5 Å². The van der Waals surface area contributed by atoms with Gasteiger partial charge in [0.25, 0.3) is 0 Å². The van der Waals surface area contributed by atoms with E-state index < -0.39 is 5.97 Å². The molecule has 1 aromatic carbocycles. The number of carboxylic acids is 1. The van der Waals surface area contributed by atoms with Crippen molar-refractivity contribution in [3.8, 4) is 0 Å². The van der Waals surface area contributed by atoms with Crippen LogP contribution in [0.3, 0.4) is 0 Å². The fourth-order valence-corrected chi connectivity index (χ4v) is 2.69. The third-order valence-corrected chi connectivity index (χ3v) is 3.96. The zero-order chi connectivity index (χ0) is 17.6. The Morgan fingerprint density at radius 2 is 2.00 bits per heavy atom. The molecule has 0 fully saturated rings. The lowest BCUT2D eigenvalue weighted by Crippen LogP contribution is -2.23. The summed E-state index contributed by atoms with van der Waals surface area (Å²) >= 11 is 0. The number of benzene rings is 1. The molecule has 0 spiro atoms. The molecule has 0 aliphatic heterocycles. The van der Waals surface area contributed by atoms with Gasteiger partial charge in [-0.1, -0.05) is 18.2 Å². The number of aromatic nitrogens is 3. The molecular formula is C18H21N5O2. The lowest BCUT2D eigenvalue weighted by Gasteiger charge is -2.17. The van der Waals surface area contributed by atoms with Crippen LogP contribution >= 0.6 is 0 Å². The molecule has 130 valence electrons. The van der Waals surface area contributed by atoms with Crippen molar-refractivity contribution in [2.45, 2.75) is 13.1 Å². The van der Waals surface area contributed by atoms with Crippen LogP contribution in [-0.2, 0) is 17.9 Å². The monoisotopic (exact) mass is 339 g/mol. The van der Waals surface area contributed by atoms with Crippen LogP contribution in [0.2, 0.25) is 0 Å². The number of aliphatic carboxylic acids is 1. The molecule has 0 aliphatic rings. The van der Waals surface area contributed by atoms with Crippen LogP contribution in [0.4, 0.5) is 5.95 Å². The van der Waals surface area contributed by atoms with Crippen LogP contribution in [0.5, 0.6) is 0 Å². The number of hydrogen-bond acceptors (Lipinski definition) is 5. The summed E-state index contributed by atoms with van der Waals surface area (Å²) in [5.41, 5.74) is 2.23. The first-order valence-corrected chi connectivity index (χ1v) is 8.11. The summed E-state index contributed by atoms with van der Waals surface area (Å²) in [7, 11) is 2.06. The van der Waals surface area contributed by atoms with Crippen molar-refractivity contribution in [3.05, 3.63) is 54.5 Å². The summed E-state index contributed by atoms with van der Waals surface area (Å²) in [6.45, 7) is 2.35. The van der Waals surface area contributed by atoms with Gasteiger partial charge in [0.05, 0.1) is 0 Å². The minimum absolute atomic E-state index is 0.190. The van der Waals surface area contributed by atoms with Gasteiger partial charge in [-0.25, -0.2) is 9.97 Å². The van der Waals surface area contributed by atoms with Crippen LogP contribution < -0.4 is 5.32 Å². The average Bonchev–Trinajstić information content (AvgIpc) is 3.02. The van der Waals surface area contributed by atoms with E-state index in [-0.39, 0.29) is 6.54 Å². The van der Waals surface area contributed by atoms with Crippen molar-refractivity contribution in [1.29, 1.82) is 0 Å². The summed E-state index contributed by atoms with van der Waals surface area (Å²) in [6.07, 6.45) is 5.56. The SMILES string of the molecule is CN(CCn1ccc2ccccc21)Cc1cnc(NCC(=O)O)nc1. The zero-order valence-electron chi connectivity index (χ0n) is 14.1. The molecule has 3 rings (SSSR count). The van der Waals surface area contributed by atoms with Gasteiger partial charge in [0.2, 0.25) is 5.95 Å². The van der Waals surface area contributed by atoms with Gasteiger partial charge in [-0.3, -0.25) is 4.79 Å². The van der Waals surface area contributed by atoms with E-state index in [1.807, 2.05) is 6.07 Å². The summed E-state index contributed by atoms with van der Waals surface area (Å²) in [5.74, 6) is -0.613. The van der Waals surface area contributed by atoms with E-state index in [0.29, 0.717) is 5.95 Å². The second-order valence-corrected chi connectivity index (χ2v) is 5.97. The highest BCUT2D eigenvalue weighted by Crippen LogP contribution is 2.15. The molecule has 7 nitrogen and oxygen atoms in total. The highest BCUT2D eigenvalue weighted by molar-refractivity contribution is 5.79. The number of fused-ring (bicyclic) bond motifs is 1. The Hall–Kier alpha value is -2.93. The fraction of sp³-hybridized carbons (Fsp3) is 0.278. The topological polar surface area (TPSA) is 83.3 Å². The summed E-state index contributed by atoms with van der Waals surface area (Å²) in [6, 6.07) is 10.5. The molecule has 0 atom stereocenters. The van der Waals surface area contributed by atoms with E-state index >= 15 is 0 Å². The first kappa shape index (κ1) is 16.9. The number of carboxylic acid groups (broad SMARTS) is 1. The molecule has 2 N–H and O–H groups in total. The van der Waals surface area contributed by atoms with E-state index in [0.717, 1.165) is 25.2 Å². The van der Waals surface area contributed by atoms with Crippen molar-refractivity contribution in [3.63, 3.8) is 0 Å². The lowest BCUT2D eigenvalue weighted by molar-refractivity contribution is -0.134. The maximum absolute atomic E-state index is 10.5. The van der Waals surface area contributed by atoms with E-state index in [1.54, 1.807) is 12.4 Å². The normalized spacial score (nSPS) is 11.1. The van der Waals surface area contributed by atoms with Crippen molar-refractivity contribution < 1.29 is 9.90 Å². The number of anilines is 1. The lowest BCUT2D eigenvalue weighted by atomic mass is 10.2. The van der Waals surface area contributed by atoms with Crippen LogP contribution in [0.1, 0.15) is 5.56 Å². The van der Waals surface area contributed by atoms with Crippen LogP contribution in [0.25, 0.3) is 10.9 Å². The molecule has 2 heterocycles. The quantitative estimate of drug-likeness (QED) is 0.654. The van der Waals surface area contributed by atoms with Gasteiger partial charge in [-0.05, 0) is 24.6 Å². The van der Waals surface area contributed by atoms with Gasteiger partial charge >= 0.3 is 5.97 Å². The molecule has 0 amide bonds. The maximum atomic E-state index is 10.5. The van der Waals surface area contributed by atoms with E-state index in [4.69, 9.17) is 5.11 Å². The molecule has 0 radical (unpaired) electrons. The predicted octanol–water partition coefficient (Wildman–Crippen LogP) is 2.06. The molecule has 0 aliphatic carbocycles. The van der Waals surface area contributed by atoms with Gasteiger partial charge < -0.3 is 19.9 Å². The second-order valence-electron chi connectivity index (χ2n) is 5.97. The van der Waals surface area contributed by atoms with Crippen molar-refractivity contribution >= 4 is 22.8 Å². The van der Waals surface area contributed by atoms with Gasteiger partial charge in [0, 0.05) is 49.3 Å². The number of carbonyl (C=O) groups is 1. The van der Waals surface area contributed by atoms with Gasteiger partial charge in [-0.15, -0.1) is 0 Å². The predicted molar refractivity (Wildman–Crippen MR) is 96.4 cm³/mol. The van der Waals surface area contributed by atoms with Crippen LogP contribution in [0.15, 0.2) is 48.9 Å². The van der Waals surface area contributed by atoms with Gasteiger partial charge in [0.15, 0.2) is 0 Å². The Morgan fingerprint density at radius 3 is 2.76 bits per heavy atom. The Kier molecular flexibility index (Phi) is 5.25. The first-order chi connectivity index (χ1) is 12.1. The Bertz CT molecular complexity index is 844. The highest BCUT2D eigenvalue weighted by atomic mass is 16.4. The number of para-hydroxylation sites is 1. The third kappa shape index (κ3) is 4.54. The third-order valence-electron chi connectivity index (χ3n) is 3.96. The van der Waals surface area contributed by atoms with Crippen molar-refractivity contribution in [1.82, 2.24) is 19.4 Å². The number of likely N-dealkylation sites (N-methyl/N-ethyl adjacent to an activating group) is 1. The molecule has 2 aromatic heterocycles. The Morgan fingerprint density at radius 1 is 1.24 bits per heavy atom. The minimum atomic E-state index is -0.940. The smallest absolute Gasteiger partial charge is 0.322 e. The fourth-order valence-electron chi connectivity index (χ4n) is 2.69. The largest absolute Gasteiger partial charge is 0.480 e. The number of hydrogen-bond donors (Lipinski definition) is 2. The van der Waals surface area contributed by atoms with E-state index in [1.165, 1.54) is 10.9 Å². The molecule has 25 heavy (non-hydrogen) atoms. The maximum Gasteiger partial charge on any atom is 0.322 e. The molecule has 0 bridgehead atoms. The van der Waals surface area contributed by atoms with Crippen LogP contribution in [-0.4, -0.2) is 50.6 Å². The van der Waals surface area contributed by atoms with E-state index in [9.17, 15) is 4.79 Å². The van der Waals surface area contributed by atoms with Gasteiger partial charge in [0.1, 0.15) is 6.54 Å². The average molecular weight is 339 g/mol. The Balaban J connectivity index is 1.52. The summed E-state index contributed by atoms with van der Waals surface area (Å²) in [4.78, 5) is 21.0. The minimum Gasteiger partial charge on any atom is -0.480 e. The number of nitrogens with zero attached hydrogens (tertiary/aromatic N) is 4. The number of nitrogens with one attached hydrogen (secondary N) is 1. The standard InChI is InChI=1S/C18H21N5O2/c1-22(8-9-23-7-6-15-4-2-3-5-16(15)23)13-14-10-19-18(20-11-14)21-12-17(24)25/h2-7,10-11H,8-9,12-13H2,1H3,(H,24,25)(H,19,20,21). The Labute approximate surface area is 145 Å². The molecule has 0 saturated carbocycles. The number of rotatable bonds is 8. The van der Waals surface area contributed by atoms with E-state index in [2.05, 4.69) is 62.3 Å². The second kappa shape index (κ2) is 7.76. The summed E-state index contributed by atoms with van der Waals surface area (Å²) in [5, 5.41) is 12.5. The molecule has 3 aromatic rings. The molecule has 0 unspecified atom stereocenters. The van der Waals surface area contributed by atoms with Gasteiger partial charge in [-0.2, -0.15) is 0 Å².